The summed E-state index contributed by atoms with van der Waals surface area (Å²) in [7, 11) is 2.28. The fraction of sp³-hybridized carbons (Fsp3) is 0.750. The third-order valence-corrected chi connectivity index (χ3v) is 4.42. The van der Waals surface area contributed by atoms with Crippen LogP contribution in [0.3, 0.4) is 0 Å². The molecule has 2 fully saturated rings. The normalized spacial score (nSPS) is 36.5. The summed E-state index contributed by atoms with van der Waals surface area (Å²) in [4.78, 5) is 2.52. The van der Waals surface area contributed by atoms with E-state index in [1.165, 1.54) is 32.4 Å². The molecule has 0 N–H and O–H groups in total. The van der Waals surface area contributed by atoms with E-state index in [4.69, 9.17) is 0 Å². The lowest BCUT2D eigenvalue weighted by Gasteiger charge is -2.30. The molecule has 1 heteroatoms. The van der Waals surface area contributed by atoms with Crippen LogP contribution in [0.2, 0.25) is 0 Å². The van der Waals surface area contributed by atoms with Crippen LogP contribution in [0.4, 0.5) is 0 Å². The van der Waals surface area contributed by atoms with E-state index in [2.05, 4.69) is 50.9 Å². The van der Waals surface area contributed by atoms with Gasteiger partial charge in [0.15, 0.2) is 0 Å². The van der Waals surface area contributed by atoms with E-state index in [9.17, 15) is 0 Å². The van der Waals surface area contributed by atoms with E-state index in [0.29, 0.717) is 5.41 Å². The average Bonchev–Trinajstić information content (AvgIpc) is 2.80. The highest BCUT2D eigenvalue weighted by molar-refractivity contribution is 5.42. The standard InChI is InChI=1S/C16H27N/c1-5-6-8-14-15(11-13(2)3)16(14)9-7-10-17(4)12-16/h5-6,8,13,15H,7,9-12H2,1-4H3. The zero-order valence-corrected chi connectivity index (χ0v) is 11.9. The van der Waals surface area contributed by atoms with Gasteiger partial charge in [-0.25, -0.2) is 0 Å². The van der Waals surface area contributed by atoms with Gasteiger partial charge in [0, 0.05) is 12.0 Å². The summed E-state index contributed by atoms with van der Waals surface area (Å²) in [5.41, 5.74) is 2.28. The summed E-state index contributed by atoms with van der Waals surface area (Å²) in [6.45, 7) is 9.38. The second-order valence-corrected chi connectivity index (χ2v) is 6.33. The summed E-state index contributed by atoms with van der Waals surface area (Å²) >= 11 is 0. The third-order valence-electron chi connectivity index (χ3n) is 4.42. The first-order valence-electron chi connectivity index (χ1n) is 7.12. The molecule has 1 heterocycles. The molecule has 0 bridgehead atoms. The minimum Gasteiger partial charge on any atom is -0.305 e. The molecule has 1 spiro atoms. The molecule has 96 valence electrons. The Morgan fingerprint density at radius 1 is 1.47 bits per heavy atom. The average molecular weight is 233 g/mol. The molecular formula is C16H27N. The highest BCUT2D eigenvalue weighted by Crippen LogP contribution is 2.65. The van der Waals surface area contributed by atoms with Crippen LogP contribution in [0.1, 0.15) is 40.0 Å². The Labute approximate surface area is 107 Å². The Balaban J connectivity index is 2.13. The predicted octanol–water partition coefficient (Wildman–Crippen LogP) is 3.88. The van der Waals surface area contributed by atoms with Crippen molar-refractivity contribution in [1.29, 1.82) is 0 Å². The van der Waals surface area contributed by atoms with E-state index in [0.717, 1.165) is 11.8 Å². The van der Waals surface area contributed by atoms with Crippen molar-refractivity contribution in [3.8, 4) is 0 Å². The first-order chi connectivity index (χ1) is 8.10. The second-order valence-electron chi connectivity index (χ2n) is 6.33. The van der Waals surface area contributed by atoms with E-state index in [1.807, 2.05) is 0 Å². The van der Waals surface area contributed by atoms with Gasteiger partial charge in [-0.3, -0.25) is 0 Å². The maximum absolute atomic E-state index is 2.52. The van der Waals surface area contributed by atoms with Crippen LogP contribution in [-0.2, 0) is 0 Å². The first kappa shape index (κ1) is 12.9. The lowest BCUT2D eigenvalue weighted by atomic mass is 9.89. The molecule has 0 aromatic heterocycles. The molecule has 17 heavy (non-hydrogen) atoms. The number of likely N-dealkylation sites (tertiary alicyclic amines) is 1. The van der Waals surface area contributed by atoms with Crippen LogP contribution in [0.5, 0.6) is 0 Å². The molecule has 0 amide bonds. The van der Waals surface area contributed by atoms with Gasteiger partial charge in [0.05, 0.1) is 0 Å². The third kappa shape index (κ3) is 2.49. The minimum absolute atomic E-state index is 0.552. The van der Waals surface area contributed by atoms with Crippen LogP contribution in [-0.4, -0.2) is 25.0 Å². The molecule has 2 unspecified atom stereocenters. The van der Waals surface area contributed by atoms with Gasteiger partial charge in [-0.05, 0) is 51.6 Å². The van der Waals surface area contributed by atoms with Gasteiger partial charge in [0.25, 0.3) is 0 Å². The maximum atomic E-state index is 2.52. The van der Waals surface area contributed by atoms with Crippen LogP contribution in [0.25, 0.3) is 0 Å². The zero-order chi connectivity index (χ0) is 12.5. The number of allylic oxidation sites excluding steroid dienone is 3. The number of piperidine rings is 1. The van der Waals surface area contributed by atoms with E-state index >= 15 is 0 Å². The van der Waals surface area contributed by atoms with Crippen LogP contribution >= 0.6 is 0 Å². The number of hydrogen-bond donors (Lipinski definition) is 0. The van der Waals surface area contributed by atoms with Crippen molar-refractivity contribution in [2.75, 3.05) is 20.1 Å². The van der Waals surface area contributed by atoms with Crippen molar-refractivity contribution in [1.82, 2.24) is 4.90 Å². The zero-order valence-electron chi connectivity index (χ0n) is 11.9. The van der Waals surface area contributed by atoms with E-state index < -0.39 is 0 Å². The van der Waals surface area contributed by atoms with Crippen molar-refractivity contribution < 1.29 is 0 Å². The first-order valence-corrected chi connectivity index (χ1v) is 7.12. The smallest absolute Gasteiger partial charge is 0.0111 e. The van der Waals surface area contributed by atoms with Gasteiger partial charge in [-0.15, -0.1) is 0 Å². The molecule has 0 radical (unpaired) electrons. The second kappa shape index (κ2) is 4.97. The van der Waals surface area contributed by atoms with E-state index in [-0.39, 0.29) is 0 Å². The van der Waals surface area contributed by atoms with Gasteiger partial charge in [-0.2, -0.15) is 0 Å². The SMILES string of the molecule is CC=CC=C1C(CC(C)C)C12CCCN(C)C2. The topological polar surface area (TPSA) is 3.24 Å². The fourth-order valence-corrected chi connectivity index (χ4v) is 3.65. The van der Waals surface area contributed by atoms with Crippen molar-refractivity contribution in [3.63, 3.8) is 0 Å². The van der Waals surface area contributed by atoms with Crippen molar-refractivity contribution in [2.24, 2.45) is 17.3 Å². The molecular weight excluding hydrogens is 206 g/mol. The molecule has 1 nitrogen and oxygen atoms in total. The van der Waals surface area contributed by atoms with Crippen molar-refractivity contribution in [2.45, 2.75) is 40.0 Å². The Bertz CT molecular complexity index is 326. The highest BCUT2D eigenvalue weighted by Gasteiger charge is 2.59. The van der Waals surface area contributed by atoms with Gasteiger partial charge in [0.2, 0.25) is 0 Å². The Morgan fingerprint density at radius 2 is 2.24 bits per heavy atom. The van der Waals surface area contributed by atoms with Gasteiger partial charge in [0.1, 0.15) is 0 Å². The molecule has 1 saturated carbocycles. The summed E-state index contributed by atoms with van der Waals surface area (Å²) in [5, 5.41) is 0. The lowest BCUT2D eigenvalue weighted by molar-refractivity contribution is 0.182. The van der Waals surface area contributed by atoms with Gasteiger partial charge in [-0.1, -0.05) is 37.6 Å². The minimum atomic E-state index is 0.552. The van der Waals surface area contributed by atoms with E-state index in [1.54, 1.807) is 5.57 Å². The predicted molar refractivity (Wildman–Crippen MR) is 75.0 cm³/mol. The molecule has 1 saturated heterocycles. The largest absolute Gasteiger partial charge is 0.305 e. The van der Waals surface area contributed by atoms with Crippen LogP contribution in [0, 0.1) is 17.3 Å². The Kier molecular flexibility index (Phi) is 3.77. The van der Waals surface area contributed by atoms with Crippen molar-refractivity contribution in [3.05, 3.63) is 23.8 Å². The molecule has 2 atom stereocenters. The summed E-state index contributed by atoms with van der Waals surface area (Å²) < 4.78 is 0. The summed E-state index contributed by atoms with van der Waals surface area (Å²) in [6.07, 6.45) is 10.9. The highest BCUT2D eigenvalue weighted by atomic mass is 15.1. The molecule has 2 aliphatic rings. The number of rotatable bonds is 3. The van der Waals surface area contributed by atoms with Gasteiger partial charge >= 0.3 is 0 Å². The Hall–Kier alpha value is -0.560. The molecule has 1 aliphatic heterocycles. The maximum Gasteiger partial charge on any atom is 0.0111 e. The molecule has 0 aromatic rings. The van der Waals surface area contributed by atoms with Crippen LogP contribution in [0.15, 0.2) is 23.8 Å². The molecule has 1 aliphatic carbocycles. The monoisotopic (exact) mass is 233 g/mol. The fourth-order valence-electron chi connectivity index (χ4n) is 3.65. The van der Waals surface area contributed by atoms with Crippen LogP contribution < -0.4 is 0 Å². The lowest BCUT2D eigenvalue weighted by Crippen LogP contribution is -2.34. The van der Waals surface area contributed by atoms with Gasteiger partial charge < -0.3 is 4.90 Å². The van der Waals surface area contributed by atoms with Crippen molar-refractivity contribution >= 4 is 0 Å². The quantitative estimate of drug-likeness (QED) is 0.715. The molecule has 0 aromatic carbocycles. The summed E-state index contributed by atoms with van der Waals surface area (Å²) in [5.74, 6) is 1.68. The Morgan fingerprint density at radius 3 is 2.82 bits per heavy atom. The number of hydrogen-bond acceptors (Lipinski definition) is 1. The molecule has 2 rings (SSSR count). The number of nitrogens with zero attached hydrogens (tertiary/aromatic N) is 1. The summed E-state index contributed by atoms with van der Waals surface area (Å²) in [6, 6.07) is 0.